The molecule has 3 nitrogen and oxygen atoms in total. The summed E-state index contributed by atoms with van der Waals surface area (Å²) in [4.78, 5) is 1.85. The highest BCUT2D eigenvalue weighted by molar-refractivity contribution is 5.37. The van der Waals surface area contributed by atoms with Gasteiger partial charge in [-0.15, -0.1) is 0 Å². The monoisotopic (exact) mass is 311 g/mol. The van der Waals surface area contributed by atoms with E-state index in [1.165, 1.54) is 5.56 Å². The van der Waals surface area contributed by atoms with Crippen molar-refractivity contribution in [3.05, 3.63) is 70.6 Å². The maximum absolute atomic E-state index is 10.8. The van der Waals surface area contributed by atoms with Gasteiger partial charge >= 0.3 is 0 Å². The van der Waals surface area contributed by atoms with E-state index in [4.69, 9.17) is 0 Å². The van der Waals surface area contributed by atoms with E-state index >= 15 is 0 Å². The number of benzene rings is 2. The van der Waals surface area contributed by atoms with Crippen LogP contribution in [0.15, 0.2) is 54.6 Å². The first-order valence-electron chi connectivity index (χ1n) is 7.85. The van der Waals surface area contributed by atoms with Gasteiger partial charge in [-0.3, -0.25) is 0 Å². The quantitative estimate of drug-likeness (QED) is 0.858. The Hall–Kier alpha value is -2.26. The molecule has 0 unspecified atom stereocenters. The van der Waals surface area contributed by atoms with Gasteiger partial charge in [0.2, 0.25) is 0 Å². The molecule has 0 aliphatic rings. The number of aliphatic hydroxyl groups is 2. The van der Waals surface area contributed by atoms with Crippen LogP contribution in [-0.4, -0.2) is 33.8 Å². The number of nitrogens with zero attached hydrogens (tertiary/aromatic N) is 1. The summed E-state index contributed by atoms with van der Waals surface area (Å²) in [5, 5.41) is 21.7. The zero-order chi connectivity index (χ0) is 16.9. The maximum atomic E-state index is 10.8. The van der Waals surface area contributed by atoms with Crippen LogP contribution in [0.1, 0.15) is 19.4 Å². The van der Waals surface area contributed by atoms with E-state index in [9.17, 15) is 10.2 Å². The van der Waals surface area contributed by atoms with Crippen LogP contribution >= 0.6 is 0 Å². The molecule has 3 heteroatoms. The van der Waals surface area contributed by atoms with Gasteiger partial charge in [-0.2, -0.15) is 0 Å². The van der Waals surface area contributed by atoms with Crippen molar-refractivity contribution in [2.24, 2.45) is 0 Å². The van der Waals surface area contributed by atoms with Crippen LogP contribution in [-0.2, 0) is 6.42 Å². The fourth-order valence-electron chi connectivity index (χ4n) is 2.87. The molecule has 0 saturated heterocycles. The van der Waals surface area contributed by atoms with Crippen molar-refractivity contribution in [1.29, 1.82) is 0 Å². The second kappa shape index (κ2) is 7.34. The number of hydrogen-bond donors (Lipinski definition) is 2. The molecule has 2 N–H and O–H groups in total. The van der Waals surface area contributed by atoms with Gasteiger partial charge in [-0.1, -0.05) is 55.1 Å². The predicted octanol–water partition coefficient (Wildman–Crippen LogP) is 2.04. The number of rotatable bonds is 6. The van der Waals surface area contributed by atoms with Crippen molar-refractivity contribution in [3.63, 3.8) is 0 Å². The zero-order valence-corrected chi connectivity index (χ0v) is 13.9. The molecule has 23 heavy (non-hydrogen) atoms. The Bertz CT molecular complexity index is 738. The van der Waals surface area contributed by atoms with E-state index in [1.54, 1.807) is 0 Å². The molecule has 0 amide bonds. The molecule has 0 aromatic heterocycles. The van der Waals surface area contributed by atoms with E-state index in [0.717, 1.165) is 11.6 Å². The molecule has 2 aromatic carbocycles. The van der Waals surface area contributed by atoms with E-state index < -0.39 is 0 Å². The van der Waals surface area contributed by atoms with Crippen LogP contribution in [0.3, 0.4) is 0 Å². The summed E-state index contributed by atoms with van der Waals surface area (Å²) in [6.07, 6.45) is 0.761. The van der Waals surface area contributed by atoms with E-state index in [-0.39, 0.29) is 18.0 Å². The molecule has 0 saturated carbocycles. The molecule has 0 bridgehead atoms. The lowest BCUT2D eigenvalue weighted by Crippen LogP contribution is -2.48. The third kappa shape index (κ3) is 4.14. The van der Waals surface area contributed by atoms with Crippen LogP contribution in [0.25, 0.3) is 12.5 Å². The Balaban J connectivity index is 2.43. The van der Waals surface area contributed by atoms with Crippen molar-refractivity contribution in [1.82, 2.24) is 4.90 Å². The van der Waals surface area contributed by atoms with Gasteiger partial charge in [0.1, 0.15) is 0 Å². The normalized spacial score (nSPS) is 12.8. The smallest absolute Gasteiger partial charge is 0.195 e. The summed E-state index contributed by atoms with van der Waals surface area (Å²) in [6, 6.07) is 17.6. The SMILES string of the molecule is C=c1cccc/c1=C(/O)N(CCO)C(C)(C)Cc1ccccc1. The van der Waals surface area contributed by atoms with Gasteiger partial charge in [0.05, 0.1) is 6.61 Å². The van der Waals surface area contributed by atoms with Crippen LogP contribution in [0.2, 0.25) is 0 Å². The third-order valence-corrected chi connectivity index (χ3v) is 4.05. The van der Waals surface area contributed by atoms with E-state index in [0.29, 0.717) is 11.8 Å². The fraction of sp³-hybridized carbons (Fsp3) is 0.300. The Morgan fingerprint density at radius 3 is 2.26 bits per heavy atom. The molecule has 0 heterocycles. The number of aliphatic hydroxyl groups excluding tert-OH is 2. The minimum Gasteiger partial charge on any atom is -0.494 e. The van der Waals surface area contributed by atoms with Gasteiger partial charge in [0, 0.05) is 17.3 Å². The second-order valence-corrected chi connectivity index (χ2v) is 6.33. The molecule has 0 radical (unpaired) electrons. The predicted molar refractivity (Wildman–Crippen MR) is 95.3 cm³/mol. The van der Waals surface area contributed by atoms with Gasteiger partial charge < -0.3 is 15.1 Å². The lowest BCUT2D eigenvalue weighted by molar-refractivity contribution is 0.119. The molecule has 0 aliphatic carbocycles. The Morgan fingerprint density at radius 2 is 1.65 bits per heavy atom. The Labute approximate surface area is 137 Å². The Morgan fingerprint density at radius 1 is 1.04 bits per heavy atom. The standard InChI is InChI=1S/C20H25NO2/c1-16-9-7-8-12-18(16)19(23)21(13-14-22)20(2,3)15-17-10-5-4-6-11-17/h4-12,22-23H,1,13-15H2,2-3H3/b19-18-. The van der Waals surface area contributed by atoms with Crippen molar-refractivity contribution < 1.29 is 10.2 Å². The van der Waals surface area contributed by atoms with Crippen molar-refractivity contribution in [2.75, 3.05) is 13.2 Å². The molecular weight excluding hydrogens is 286 g/mol. The van der Waals surface area contributed by atoms with Crippen LogP contribution in [0.5, 0.6) is 0 Å². The molecule has 0 fully saturated rings. The average molecular weight is 311 g/mol. The highest BCUT2D eigenvalue weighted by atomic mass is 16.3. The lowest BCUT2D eigenvalue weighted by Gasteiger charge is -2.39. The first-order chi connectivity index (χ1) is 11.0. The minimum absolute atomic E-state index is 0.0262. The minimum atomic E-state index is -0.351. The molecule has 2 rings (SSSR count). The molecule has 0 atom stereocenters. The van der Waals surface area contributed by atoms with Crippen LogP contribution in [0, 0.1) is 0 Å². The molecule has 2 aromatic rings. The summed E-state index contributed by atoms with van der Waals surface area (Å²) in [7, 11) is 0. The number of β-amino-alcohol motifs (C(OH)–C–C–N with tert-alkyl or cyclic N) is 1. The molecular formula is C20H25NO2. The molecule has 0 aliphatic heterocycles. The number of hydrogen-bond acceptors (Lipinski definition) is 3. The van der Waals surface area contributed by atoms with Crippen molar-refractivity contribution in [2.45, 2.75) is 25.8 Å². The first-order valence-corrected chi connectivity index (χ1v) is 7.85. The highest BCUT2D eigenvalue weighted by Gasteiger charge is 2.28. The van der Waals surface area contributed by atoms with E-state index in [1.807, 2.05) is 47.4 Å². The van der Waals surface area contributed by atoms with Gasteiger partial charge in [0.15, 0.2) is 5.88 Å². The zero-order valence-electron chi connectivity index (χ0n) is 13.9. The second-order valence-electron chi connectivity index (χ2n) is 6.33. The highest BCUT2D eigenvalue weighted by Crippen LogP contribution is 2.23. The summed E-state index contributed by atoms with van der Waals surface area (Å²) in [5.74, 6) is 0.158. The average Bonchev–Trinajstić information content (AvgIpc) is 2.53. The Kier molecular flexibility index (Phi) is 5.45. The third-order valence-electron chi connectivity index (χ3n) is 4.05. The first kappa shape index (κ1) is 17.1. The summed E-state index contributed by atoms with van der Waals surface area (Å²) >= 11 is 0. The molecule has 122 valence electrons. The van der Waals surface area contributed by atoms with Gasteiger partial charge in [-0.05, 0) is 37.1 Å². The van der Waals surface area contributed by atoms with Gasteiger partial charge in [-0.25, -0.2) is 0 Å². The summed E-state index contributed by atoms with van der Waals surface area (Å²) in [6.45, 7) is 8.45. The topological polar surface area (TPSA) is 43.7 Å². The largest absolute Gasteiger partial charge is 0.494 e. The summed E-state index contributed by atoms with van der Waals surface area (Å²) < 4.78 is 0. The maximum Gasteiger partial charge on any atom is 0.195 e. The fourth-order valence-corrected chi connectivity index (χ4v) is 2.87. The van der Waals surface area contributed by atoms with Crippen LogP contribution < -0.4 is 10.4 Å². The van der Waals surface area contributed by atoms with Gasteiger partial charge in [0.25, 0.3) is 0 Å². The van der Waals surface area contributed by atoms with E-state index in [2.05, 4.69) is 32.6 Å². The molecule has 0 spiro atoms. The lowest BCUT2D eigenvalue weighted by atomic mass is 9.92. The van der Waals surface area contributed by atoms with Crippen molar-refractivity contribution >= 4 is 12.5 Å². The van der Waals surface area contributed by atoms with Crippen LogP contribution in [0.4, 0.5) is 0 Å². The van der Waals surface area contributed by atoms with Crippen molar-refractivity contribution in [3.8, 4) is 0 Å². The summed E-state index contributed by atoms with van der Waals surface area (Å²) in [5.41, 5.74) is 0.840.